The van der Waals surface area contributed by atoms with Crippen molar-refractivity contribution in [2.45, 2.75) is 39.9 Å². The Balaban J connectivity index is 1.75. The van der Waals surface area contributed by atoms with Gasteiger partial charge in [0.05, 0.1) is 18.8 Å². The molecule has 1 aromatic heterocycles. The summed E-state index contributed by atoms with van der Waals surface area (Å²) in [6, 6.07) is 5.37. The summed E-state index contributed by atoms with van der Waals surface area (Å²) in [4.78, 5) is 26.0. The lowest BCUT2D eigenvalue weighted by Crippen LogP contribution is -2.39. The van der Waals surface area contributed by atoms with Crippen molar-refractivity contribution in [3.05, 3.63) is 46.3 Å². The molecule has 126 valence electrons. The smallest absolute Gasteiger partial charge is 0.251 e. The molecule has 2 aromatic rings. The summed E-state index contributed by atoms with van der Waals surface area (Å²) in [6.07, 6.45) is 0. The number of likely N-dealkylation sites (N-methyl/N-ethyl adjacent to an activating group) is 1. The Bertz CT molecular complexity index is 811. The average Bonchev–Trinajstić information content (AvgIpc) is 2.93. The van der Waals surface area contributed by atoms with Gasteiger partial charge in [-0.25, -0.2) is 4.68 Å². The van der Waals surface area contributed by atoms with Crippen molar-refractivity contribution in [1.29, 1.82) is 0 Å². The Labute approximate surface area is 140 Å². The molecular formula is C17H21N5O2. The Morgan fingerprint density at radius 2 is 2.12 bits per heavy atom. The second-order valence-electron chi connectivity index (χ2n) is 6.30. The Kier molecular flexibility index (Phi) is 4.09. The minimum atomic E-state index is -0.366. The second kappa shape index (κ2) is 6.07. The van der Waals surface area contributed by atoms with E-state index in [4.69, 9.17) is 0 Å². The van der Waals surface area contributed by atoms with Crippen LogP contribution >= 0.6 is 0 Å². The van der Waals surface area contributed by atoms with Crippen LogP contribution in [-0.2, 0) is 17.9 Å². The summed E-state index contributed by atoms with van der Waals surface area (Å²) >= 11 is 0. The summed E-state index contributed by atoms with van der Waals surface area (Å²) < 4.78 is 1.64. The van der Waals surface area contributed by atoms with Crippen molar-refractivity contribution < 1.29 is 9.59 Å². The highest BCUT2D eigenvalue weighted by Gasteiger charge is 2.31. The molecule has 24 heavy (non-hydrogen) atoms. The molecule has 0 radical (unpaired) electrons. The molecule has 2 heterocycles. The lowest BCUT2D eigenvalue weighted by Gasteiger charge is -2.28. The minimum absolute atomic E-state index is 0.0123. The summed E-state index contributed by atoms with van der Waals surface area (Å²) in [6.45, 7) is 6.45. The van der Waals surface area contributed by atoms with Crippen molar-refractivity contribution in [1.82, 2.24) is 25.2 Å². The molecule has 0 bridgehead atoms. The lowest BCUT2D eigenvalue weighted by molar-refractivity contribution is -0.135. The van der Waals surface area contributed by atoms with Crippen LogP contribution in [0.2, 0.25) is 0 Å². The van der Waals surface area contributed by atoms with Crippen LogP contribution in [0, 0.1) is 13.8 Å². The summed E-state index contributed by atoms with van der Waals surface area (Å²) in [5.74, 6) is -0.124. The second-order valence-corrected chi connectivity index (χ2v) is 6.30. The molecule has 1 aromatic carbocycles. The van der Waals surface area contributed by atoms with Gasteiger partial charge in [-0.1, -0.05) is 22.9 Å². The van der Waals surface area contributed by atoms with Crippen LogP contribution in [0.3, 0.4) is 0 Å². The van der Waals surface area contributed by atoms with Crippen LogP contribution in [0.25, 0.3) is 0 Å². The molecule has 1 atom stereocenters. The van der Waals surface area contributed by atoms with Crippen molar-refractivity contribution in [3.8, 4) is 0 Å². The van der Waals surface area contributed by atoms with E-state index >= 15 is 0 Å². The number of carbonyl (C=O) groups excluding carboxylic acids is 2. The van der Waals surface area contributed by atoms with Crippen LogP contribution in [0.4, 0.5) is 0 Å². The number of carbonyl (C=O) groups is 2. The number of hydrogen-bond acceptors (Lipinski definition) is 4. The predicted octanol–water partition coefficient (Wildman–Crippen LogP) is 1.36. The van der Waals surface area contributed by atoms with Gasteiger partial charge in [-0.2, -0.15) is 0 Å². The van der Waals surface area contributed by atoms with E-state index < -0.39 is 0 Å². The molecular weight excluding hydrogens is 306 g/mol. The van der Waals surface area contributed by atoms with Gasteiger partial charge in [-0.15, -0.1) is 5.10 Å². The third-order valence-electron chi connectivity index (χ3n) is 4.40. The molecule has 7 nitrogen and oxygen atoms in total. The number of fused-ring (bicyclic) bond motifs is 1. The fraction of sp³-hybridized carbons (Fsp3) is 0.412. The molecule has 1 aliphatic heterocycles. The number of nitrogens with one attached hydrogen (secondary N) is 1. The van der Waals surface area contributed by atoms with Crippen molar-refractivity contribution >= 4 is 11.8 Å². The average molecular weight is 327 g/mol. The van der Waals surface area contributed by atoms with Gasteiger partial charge in [0, 0.05) is 12.6 Å². The molecule has 0 spiro atoms. The van der Waals surface area contributed by atoms with E-state index in [0.29, 0.717) is 17.8 Å². The number of rotatable bonds is 3. The Morgan fingerprint density at radius 3 is 2.83 bits per heavy atom. The predicted molar refractivity (Wildman–Crippen MR) is 88.3 cm³/mol. The van der Waals surface area contributed by atoms with Crippen LogP contribution in [0.5, 0.6) is 0 Å². The molecule has 0 fully saturated rings. The highest BCUT2D eigenvalue weighted by molar-refractivity contribution is 5.95. The number of amides is 2. The largest absolute Gasteiger partial charge is 0.346 e. The van der Waals surface area contributed by atoms with Gasteiger partial charge in [0.2, 0.25) is 5.91 Å². The summed E-state index contributed by atoms with van der Waals surface area (Å²) in [5, 5.41) is 11.1. The van der Waals surface area contributed by atoms with E-state index in [1.54, 1.807) is 23.6 Å². The topological polar surface area (TPSA) is 80.1 Å². The number of nitrogens with zero attached hydrogens (tertiary/aromatic N) is 4. The number of aromatic nitrogens is 3. The zero-order valence-electron chi connectivity index (χ0n) is 14.3. The van der Waals surface area contributed by atoms with Gasteiger partial charge < -0.3 is 10.2 Å². The molecule has 0 saturated carbocycles. The fourth-order valence-electron chi connectivity index (χ4n) is 3.01. The molecule has 1 aliphatic rings. The van der Waals surface area contributed by atoms with Gasteiger partial charge >= 0.3 is 0 Å². The van der Waals surface area contributed by atoms with Gasteiger partial charge in [-0.05, 0) is 32.4 Å². The highest BCUT2D eigenvalue weighted by Crippen LogP contribution is 2.21. The van der Waals surface area contributed by atoms with Crippen LogP contribution in [0.1, 0.15) is 45.8 Å². The maximum Gasteiger partial charge on any atom is 0.251 e. The van der Waals surface area contributed by atoms with Gasteiger partial charge in [0.1, 0.15) is 11.7 Å². The van der Waals surface area contributed by atoms with Crippen molar-refractivity contribution in [2.24, 2.45) is 0 Å². The van der Waals surface area contributed by atoms with Crippen LogP contribution in [-0.4, -0.2) is 38.8 Å². The third kappa shape index (κ3) is 2.77. The van der Waals surface area contributed by atoms with Crippen molar-refractivity contribution in [3.63, 3.8) is 0 Å². The molecule has 0 saturated heterocycles. The zero-order chi connectivity index (χ0) is 17.4. The quantitative estimate of drug-likeness (QED) is 0.923. The molecule has 1 N–H and O–H groups in total. The maximum atomic E-state index is 12.4. The first kappa shape index (κ1) is 16.2. The van der Waals surface area contributed by atoms with E-state index in [-0.39, 0.29) is 24.4 Å². The van der Waals surface area contributed by atoms with Gasteiger partial charge in [-0.3, -0.25) is 9.59 Å². The first-order valence-corrected chi connectivity index (χ1v) is 7.92. The van der Waals surface area contributed by atoms with E-state index in [9.17, 15) is 9.59 Å². The van der Waals surface area contributed by atoms with Crippen molar-refractivity contribution in [2.75, 3.05) is 7.05 Å². The normalized spacial score (nSPS) is 16.9. The molecule has 0 aliphatic carbocycles. The van der Waals surface area contributed by atoms with Crippen LogP contribution < -0.4 is 5.32 Å². The number of benzene rings is 1. The van der Waals surface area contributed by atoms with Gasteiger partial charge in [0.15, 0.2) is 0 Å². The standard InChI is InChI=1S/C17H21N5O2/c1-10-5-6-13(11(2)7-10)16(23)18-8-14-15-9-21(4)17(24)12(3)22(15)20-19-14/h5-7,12H,8-9H2,1-4H3,(H,18,23). The first-order chi connectivity index (χ1) is 11.4. The Hall–Kier alpha value is -2.70. The van der Waals surface area contributed by atoms with E-state index in [1.807, 2.05) is 32.0 Å². The maximum absolute atomic E-state index is 12.4. The third-order valence-corrected chi connectivity index (χ3v) is 4.40. The zero-order valence-corrected chi connectivity index (χ0v) is 14.3. The van der Waals surface area contributed by atoms with E-state index in [0.717, 1.165) is 16.8 Å². The first-order valence-electron chi connectivity index (χ1n) is 7.92. The molecule has 1 unspecified atom stereocenters. The monoisotopic (exact) mass is 327 g/mol. The molecule has 7 heteroatoms. The Morgan fingerprint density at radius 1 is 1.38 bits per heavy atom. The molecule has 2 amide bonds. The molecule has 3 rings (SSSR count). The lowest BCUT2D eigenvalue weighted by atomic mass is 10.1. The SMILES string of the molecule is Cc1ccc(C(=O)NCc2nnn3c2CN(C)C(=O)C3C)c(C)c1. The van der Waals surface area contributed by atoms with E-state index in [2.05, 4.69) is 15.6 Å². The van der Waals surface area contributed by atoms with Crippen LogP contribution in [0.15, 0.2) is 18.2 Å². The number of hydrogen-bond donors (Lipinski definition) is 1. The number of aryl methyl sites for hydroxylation is 2. The summed E-state index contributed by atoms with van der Waals surface area (Å²) in [5.41, 5.74) is 4.28. The minimum Gasteiger partial charge on any atom is -0.346 e. The fourth-order valence-corrected chi connectivity index (χ4v) is 3.01. The summed E-state index contributed by atoms with van der Waals surface area (Å²) in [7, 11) is 1.76. The van der Waals surface area contributed by atoms with Gasteiger partial charge in [0.25, 0.3) is 5.91 Å². The highest BCUT2D eigenvalue weighted by atomic mass is 16.2. The van der Waals surface area contributed by atoms with E-state index in [1.165, 1.54) is 0 Å².